The predicted octanol–water partition coefficient (Wildman–Crippen LogP) is 3.08. The fourth-order valence-electron chi connectivity index (χ4n) is 1.90. The molecule has 1 atom stereocenters. The van der Waals surface area contributed by atoms with Crippen molar-refractivity contribution in [3.05, 3.63) is 47.7 Å². The molecule has 0 spiro atoms. The molecule has 0 aromatic rings. The van der Waals surface area contributed by atoms with E-state index in [9.17, 15) is 0 Å². The molecule has 1 heteroatoms. The van der Waals surface area contributed by atoms with Gasteiger partial charge in [-0.05, 0) is 32.3 Å². The van der Waals surface area contributed by atoms with Crippen molar-refractivity contribution in [3.8, 4) is 0 Å². The van der Waals surface area contributed by atoms with Crippen LogP contribution in [0.1, 0.15) is 26.2 Å². The maximum absolute atomic E-state index is 3.57. The minimum absolute atomic E-state index is 0.497. The average molecular weight is 187 g/mol. The molecule has 0 aromatic heterocycles. The first-order chi connectivity index (χ1) is 6.84. The Morgan fingerprint density at radius 3 is 3.00 bits per heavy atom. The van der Waals surface area contributed by atoms with Crippen LogP contribution in [0.15, 0.2) is 47.7 Å². The Bertz CT molecular complexity index is 318. The molecule has 0 amide bonds. The van der Waals surface area contributed by atoms with Crippen LogP contribution in [-0.2, 0) is 0 Å². The molecule has 0 bridgehead atoms. The van der Waals surface area contributed by atoms with E-state index < -0.39 is 0 Å². The lowest BCUT2D eigenvalue weighted by Crippen LogP contribution is -2.27. The summed E-state index contributed by atoms with van der Waals surface area (Å²) < 4.78 is 0. The number of rotatable bonds is 2. The lowest BCUT2D eigenvalue weighted by atomic mass is 10.0. The normalized spacial score (nSPS) is 25.6. The maximum Gasteiger partial charge on any atom is 0.0479 e. The molecule has 14 heavy (non-hydrogen) atoms. The topological polar surface area (TPSA) is 12.0 Å². The third-order valence-corrected chi connectivity index (χ3v) is 2.63. The molecule has 0 saturated heterocycles. The summed E-state index contributed by atoms with van der Waals surface area (Å²) in [5.41, 5.74) is 2.77. The lowest BCUT2D eigenvalue weighted by Gasteiger charge is -2.21. The van der Waals surface area contributed by atoms with Crippen molar-refractivity contribution < 1.29 is 0 Å². The summed E-state index contributed by atoms with van der Waals surface area (Å²) >= 11 is 0. The zero-order chi connectivity index (χ0) is 9.80. The van der Waals surface area contributed by atoms with Gasteiger partial charge in [0.05, 0.1) is 0 Å². The zero-order valence-corrected chi connectivity index (χ0v) is 8.66. The quantitative estimate of drug-likeness (QED) is 0.700. The lowest BCUT2D eigenvalue weighted by molar-refractivity contribution is 0.642. The average Bonchev–Trinajstić information content (AvgIpc) is 2.19. The van der Waals surface area contributed by atoms with Crippen LogP contribution in [0.3, 0.4) is 0 Å². The molecule has 2 aliphatic rings. The third-order valence-electron chi connectivity index (χ3n) is 2.63. The summed E-state index contributed by atoms with van der Waals surface area (Å²) in [7, 11) is 0. The minimum atomic E-state index is 0.497. The molecule has 0 saturated carbocycles. The highest BCUT2D eigenvalue weighted by Gasteiger charge is 2.08. The van der Waals surface area contributed by atoms with Crippen molar-refractivity contribution in [2.45, 2.75) is 32.2 Å². The van der Waals surface area contributed by atoms with Crippen molar-refractivity contribution >= 4 is 0 Å². The second-order valence-corrected chi connectivity index (χ2v) is 3.96. The van der Waals surface area contributed by atoms with Gasteiger partial charge in [-0.2, -0.15) is 0 Å². The zero-order valence-electron chi connectivity index (χ0n) is 8.66. The smallest absolute Gasteiger partial charge is 0.0479 e. The summed E-state index contributed by atoms with van der Waals surface area (Å²) in [4.78, 5) is 0. The monoisotopic (exact) mass is 187 g/mol. The van der Waals surface area contributed by atoms with Crippen LogP contribution in [0.2, 0.25) is 0 Å². The highest BCUT2D eigenvalue weighted by molar-refractivity contribution is 5.26. The molecule has 1 nitrogen and oxygen atoms in total. The van der Waals surface area contributed by atoms with Crippen molar-refractivity contribution in [3.63, 3.8) is 0 Å². The summed E-state index contributed by atoms with van der Waals surface area (Å²) in [6, 6.07) is 0.497. The van der Waals surface area contributed by atoms with Gasteiger partial charge in [0.25, 0.3) is 0 Å². The van der Waals surface area contributed by atoms with E-state index in [-0.39, 0.29) is 0 Å². The fraction of sp³-hybridized carbons (Fsp3) is 0.385. The number of allylic oxidation sites excluding steroid dienone is 6. The molecular weight excluding hydrogens is 170 g/mol. The van der Waals surface area contributed by atoms with E-state index in [1.807, 2.05) is 0 Å². The van der Waals surface area contributed by atoms with Gasteiger partial charge in [0, 0.05) is 11.7 Å². The Labute approximate surface area is 85.9 Å². The van der Waals surface area contributed by atoms with Crippen molar-refractivity contribution in [2.75, 3.05) is 0 Å². The summed E-state index contributed by atoms with van der Waals surface area (Å²) in [6.45, 7) is 2.16. The van der Waals surface area contributed by atoms with Crippen molar-refractivity contribution in [2.24, 2.45) is 0 Å². The molecule has 0 fully saturated rings. The number of nitrogens with one attached hydrogen (secondary N) is 1. The predicted molar refractivity (Wildman–Crippen MR) is 60.9 cm³/mol. The molecule has 0 heterocycles. The van der Waals surface area contributed by atoms with Crippen LogP contribution in [0, 0.1) is 0 Å². The van der Waals surface area contributed by atoms with Gasteiger partial charge in [0.1, 0.15) is 0 Å². The molecule has 2 aliphatic carbocycles. The maximum atomic E-state index is 3.57. The standard InChI is InChI=1S/C13H17N/c1-11-6-5-9-13(10-11)14-12-7-3-2-4-8-12/h2-4,6-7,10,12,14H,5,8-9H2,1H3. The Balaban J connectivity index is 1.94. The van der Waals surface area contributed by atoms with Gasteiger partial charge in [0.15, 0.2) is 0 Å². The Morgan fingerprint density at radius 2 is 2.29 bits per heavy atom. The van der Waals surface area contributed by atoms with Crippen LogP contribution in [0.4, 0.5) is 0 Å². The van der Waals surface area contributed by atoms with Gasteiger partial charge in [-0.25, -0.2) is 0 Å². The van der Waals surface area contributed by atoms with Crippen LogP contribution >= 0.6 is 0 Å². The molecule has 1 N–H and O–H groups in total. The Kier molecular flexibility index (Phi) is 2.87. The summed E-state index contributed by atoms with van der Waals surface area (Å²) in [5.74, 6) is 0. The van der Waals surface area contributed by atoms with E-state index >= 15 is 0 Å². The minimum Gasteiger partial charge on any atom is -0.382 e. The number of hydrogen-bond acceptors (Lipinski definition) is 1. The largest absolute Gasteiger partial charge is 0.382 e. The van der Waals surface area contributed by atoms with Gasteiger partial charge >= 0.3 is 0 Å². The van der Waals surface area contributed by atoms with Crippen molar-refractivity contribution in [1.29, 1.82) is 0 Å². The van der Waals surface area contributed by atoms with E-state index in [4.69, 9.17) is 0 Å². The van der Waals surface area contributed by atoms with Crippen LogP contribution in [0.5, 0.6) is 0 Å². The van der Waals surface area contributed by atoms with E-state index in [1.54, 1.807) is 0 Å². The van der Waals surface area contributed by atoms with Gasteiger partial charge in [-0.15, -0.1) is 0 Å². The molecule has 0 radical (unpaired) electrons. The van der Waals surface area contributed by atoms with Crippen LogP contribution < -0.4 is 5.32 Å². The third kappa shape index (κ3) is 2.38. The van der Waals surface area contributed by atoms with Crippen molar-refractivity contribution in [1.82, 2.24) is 5.32 Å². The fourth-order valence-corrected chi connectivity index (χ4v) is 1.90. The second kappa shape index (κ2) is 4.32. The molecule has 74 valence electrons. The summed E-state index contributed by atoms with van der Waals surface area (Å²) in [5, 5.41) is 3.57. The Morgan fingerprint density at radius 1 is 1.36 bits per heavy atom. The van der Waals surface area contributed by atoms with E-state index in [1.165, 1.54) is 17.7 Å². The van der Waals surface area contributed by atoms with E-state index in [0.717, 1.165) is 12.8 Å². The molecule has 2 rings (SSSR count). The first kappa shape index (κ1) is 9.32. The second-order valence-electron chi connectivity index (χ2n) is 3.96. The summed E-state index contributed by atoms with van der Waals surface area (Å²) in [6.07, 6.45) is 16.7. The van der Waals surface area contributed by atoms with Gasteiger partial charge in [0.2, 0.25) is 0 Å². The van der Waals surface area contributed by atoms with E-state index in [0.29, 0.717) is 6.04 Å². The Hall–Kier alpha value is -1.24. The van der Waals surface area contributed by atoms with Gasteiger partial charge in [-0.1, -0.05) is 36.0 Å². The highest BCUT2D eigenvalue weighted by atomic mass is 14.9. The van der Waals surface area contributed by atoms with Gasteiger partial charge < -0.3 is 5.32 Å². The van der Waals surface area contributed by atoms with E-state index in [2.05, 4.69) is 48.7 Å². The first-order valence-corrected chi connectivity index (χ1v) is 5.32. The highest BCUT2D eigenvalue weighted by Crippen LogP contribution is 2.16. The molecule has 0 aliphatic heterocycles. The number of hydrogen-bond donors (Lipinski definition) is 1. The van der Waals surface area contributed by atoms with Crippen LogP contribution in [-0.4, -0.2) is 6.04 Å². The van der Waals surface area contributed by atoms with Gasteiger partial charge in [-0.3, -0.25) is 0 Å². The SMILES string of the molecule is CC1=CCCC(NC2C=CC=CC2)=C1. The first-order valence-electron chi connectivity index (χ1n) is 5.32. The van der Waals surface area contributed by atoms with Crippen LogP contribution in [0.25, 0.3) is 0 Å². The molecule has 0 aromatic carbocycles. The molecular formula is C13H17N. The molecule has 1 unspecified atom stereocenters.